The first-order valence-corrected chi connectivity index (χ1v) is 11.1. The molecule has 0 bridgehead atoms. The van der Waals surface area contributed by atoms with Crippen LogP contribution in [0.1, 0.15) is 46.5 Å². The highest BCUT2D eigenvalue weighted by atomic mass is 32.2. The molecule has 2 aliphatic heterocycles. The van der Waals surface area contributed by atoms with E-state index in [4.69, 9.17) is 4.84 Å². The predicted molar refractivity (Wildman–Crippen MR) is 110 cm³/mol. The molecular formula is C21H19N3O6S. The van der Waals surface area contributed by atoms with Gasteiger partial charge in [-0.15, -0.1) is 0 Å². The van der Waals surface area contributed by atoms with Crippen LogP contribution in [-0.4, -0.2) is 43.1 Å². The number of nitrogens with one attached hydrogen (secondary N) is 1. The second-order valence-corrected chi connectivity index (χ2v) is 9.24. The van der Waals surface area contributed by atoms with E-state index in [0.717, 1.165) is 0 Å². The summed E-state index contributed by atoms with van der Waals surface area (Å²) in [6, 6.07) is 11.3. The third-order valence-corrected chi connectivity index (χ3v) is 6.25. The van der Waals surface area contributed by atoms with E-state index >= 15 is 0 Å². The van der Waals surface area contributed by atoms with Crippen LogP contribution in [0.15, 0.2) is 58.4 Å². The number of amidine groups is 1. The van der Waals surface area contributed by atoms with Crippen molar-refractivity contribution < 1.29 is 27.6 Å². The van der Waals surface area contributed by atoms with Crippen LogP contribution in [-0.2, 0) is 19.7 Å². The van der Waals surface area contributed by atoms with Gasteiger partial charge in [-0.2, -0.15) is 0 Å². The summed E-state index contributed by atoms with van der Waals surface area (Å²) in [5.74, 6) is -2.40. The van der Waals surface area contributed by atoms with Crippen LogP contribution in [0.2, 0.25) is 0 Å². The lowest BCUT2D eigenvalue weighted by atomic mass is 10.0. The van der Waals surface area contributed by atoms with E-state index < -0.39 is 33.8 Å². The molecule has 4 rings (SSSR count). The fourth-order valence-electron chi connectivity index (χ4n) is 3.43. The minimum atomic E-state index is -3.78. The number of rotatable bonds is 5. The van der Waals surface area contributed by atoms with Gasteiger partial charge in [-0.25, -0.2) is 13.2 Å². The van der Waals surface area contributed by atoms with Crippen LogP contribution >= 0.6 is 0 Å². The lowest BCUT2D eigenvalue weighted by molar-refractivity contribution is -0.170. The Bertz CT molecular complexity index is 1200. The maximum Gasteiger partial charge on any atom is 0.357 e. The third kappa shape index (κ3) is 3.70. The van der Waals surface area contributed by atoms with E-state index in [9.17, 15) is 22.8 Å². The van der Waals surface area contributed by atoms with E-state index in [2.05, 4.69) is 9.71 Å². The quantitative estimate of drug-likeness (QED) is 0.707. The highest BCUT2D eigenvalue weighted by Gasteiger charge is 2.40. The Morgan fingerprint density at radius 2 is 1.55 bits per heavy atom. The van der Waals surface area contributed by atoms with Gasteiger partial charge in [-0.1, -0.05) is 43.2 Å². The number of nitrogens with zero attached hydrogens (tertiary/aromatic N) is 2. The number of hydrogen-bond donors (Lipinski definition) is 1. The molecule has 0 saturated carbocycles. The normalized spacial score (nSPS) is 18.7. The largest absolute Gasteiger partial charge is 0.357 e. The summed E-state index contributed by atoms with van der Waals surface area (Å²) >= 11 is 0. The summed E-state index contributed by atoms with van der Waals surface area (Å²) in [6.07, 6.45) is 0.218. The predicted octanol–water partition coefficient (Wildman–Crippen LogP) is 1.89. The van der Waals surface area contributed by atoms with Crippen LogP contribution < -0.4 is 4.72 Å². The number of sulfonamides is 1. The SMILES string of the molecule is CC(C)CC(N=C1NS(=O)(=O)c2ccccc21)C(=O)ON1C(=O)c2ccccc2C1=O. The van der Waals surface area contributed by atoms with Crippen molar-refractivity contribution in [3.63, 3.8) is 0 Å². The monoisotopic (exact) mass is 441 g/mol. The Morgan fingerprint density at radius 1 is 1.00 bits per heavy atom. The first-order valence-electron chi connectivity index (χ1n) is 9.58. The molecule has 10 heteroatoms. The first-order chi connectivity index (χ1) is 14.7. The molecule has 0 spiro atoms. The number of benzene rings is 2. The zero-order valence-electron chi connectivity index (χ0n) is 16.7. The van der Waals surface area contributed by atoms with Crippen molar-refractivity contribution in [2.24, 2.45) is 10.9 Å². The van der Waals surface area contributed by atoms with Crippen LogP contribution in [0, 0.1) is 5.92 Å². The van der Waals surface area contributed by atoms with E-state index in [1.807, 2.05) is 13.8 Å². The second kappa shape index (κ2) is 7.62. The van der Waals surface area contributed by atoms with Gasteiger partial charge < -0.3 is 4.84 Å². The Labute approximate surface area is 178 Å². The van der Waals surface area contributed by atoms with Crippen LogP contribution in [0.25, 0.3) is 0 Å². The van der Waals surface area contributed by atoms with Gasteiger partial charge in [-0.3, -0.25) is 19.3 Å². The molecule has 0 aromatic heterocycles. The topological polar surface area (TPSA) is 122 Å². The highest BCUT2D eigenvalue weighted by molar-refractivity contribution is 7.90. The fraction of sp³-hybridized carbons (Fsp3) is 0.238. The van der Waals surface area contributed by atoms with Crippen LogP contribution in [0.4, 0.5) is 0 Å². The molecule has 2 heterocycles. The maximum atomic E-state index is 12.9. The van der Waals surface area contributed by atoms with Gasteiger partial charge in [0.2, 0.25) is 0 Å². The van der Waals surface area contributed by atoms with Gasteiger partial charge in [0.25, 0.3) is 21.8 Å². The molecule has 1 N–H and O–H groups in total. The zero-order valence-corrected chi connectivity index (χ0v) is 17.5. The van der Waals surface area contributed by atoms with Crippen molar-refractivity contribution in [2.45, 2.75) is 31.2 Å². The number of fused-ring (bicyclic) bond motifs is 2. The zero-order chi connectivity index (χ0) is 22.3. The Morgan fingerprint density at radius 3 is 2.13 bits per heavy atom. The van der Waals surface area contributed by atoms with Crippen LogP contribution in [0.5, 0.6) is 0 Å². The first kappa shape index (κ1) is 20.7. The number of aliphatic imine (C=N–C) groups is 1. The standard InChI is InChI=1S/C21H19N3O6S/c1-12(2)11-16(22-18-15-9-5-6-10-17(15)31(28,29)23-18)21(27)30-24-19(25)13-7-3-4-8-14(13)20(24)26/h3-10,12,16H,11H2,1-2H3,(H,22,23). The van der Waals surface area contributed by atoms with E-state index in [1.165, 1.54) is 18.2 Å². The summed E-state index contributed by atoms with van der Waals surface area (Å²) in [4.78, 5) is 47.3. The number of hydroxylamine groups is 2. The molecule has 2 aromatic carbocycles. The van der Waals surface area contributed by atoms with Crippen molar-refractivity contribution in [3.05, 3.63) is 65.2 Å². The van der Waals surface area contributed by atoms with Crippen molar-refractivity contribution >= 4 is 33.6 Å². The van der Waals surface area contributed by atoms with Crippen LogP contribution in [0.3, 0.4) is 0 Å². The molecule has 0 aliphatic carbocycles. The highest BCUT2D eigenvalue weighted by Crippen LogP contribution is 2.26. The van der Waals surface area contributed by atoms with Gasteiger partial charge in [0.05, 0.1) is 16.0 Å². The van der Waals surface area contributed by atoms with Gasteiger partial charge >= 0.3 is 5.97 Å². The summed E-state index contributed by atoms with van der Waals surface area (Å²) in [5.41, 5.74) is 0.624. The maximum absolute atomic E-state index is 12.9. The summed E-state index contributed by atoms with van der Waals surface area (Å²) < 4.78 is 27.0. The molecule has 2 amide bonds. The average molecular weight is 441 g/mol. The van der Waals surface area contributed by atoms with Crippen molar-refractivity contribution in [2.75, 3.05) is 0 Å². The van der Waals surface area contributed by atoms with Gasteiger partial charge in [0.1, 0.15) is 5.84 Å². The molecule has 2 aliphatic rings. The van der Waals surface area contributed by atoms with Crippen molar-refractivity contribution in [3.8, 4) is 0 Å². The van der Waals surface area contributed by atoms with Gasteiger partial charge in [-0.05, 0) is 36.6 Å². The molecule has 160 valence electrons. The summed E-state index contributed by atoms with van der Waals surface area (Å²) in [6.45, 7) is 3.71. The van der Waals surface area contributed by atoms with E-state index in [0.29, 0.717) is 10.6 Å². The minimum Gasteiger partial charge on any atom is -0.327 e. The molecule has 2 aromatic rings. The molecule has 1 unspecified atom stereocenters. The van der Waals surface area contributed by atoms with Crippen molar-refractivity contribution in [1.82, 2.24) is 9.79 Å². The lowest BCUT2D eigenvalue weighted by Crippen LogP contribution is -2.37. The Balaban J connectivity index is 1.63. The van der Waals surface area contributed by atoms with Gasteiger partial charge in [0, 0.05) is 5.56 Å². The summed E-state index contributed by atoms with van der Waals surface area (Å²) in [5, 5.41) is 0.424. The average Bonchev–Trinajstić information content (AvgIpc) is 3.13. The third-order valence-electron chi connectivity index (χ3n) is 4.85. The fourth-order valence-corrected chi connectivity index (χ4v) is 4.67. The van der Waals surface area contributed by atoms with E-state index in [1.54, 1.807) is 30.3 Å². The lowest BCUT2D eigenvalue weighted by Gasteiger charge is -2.18. The molecule has 1 atom stereocenters. The molecule has 0 radical (unpaired) electrons. The smallest absolute Gasteiger partial charge is 0.327 e. The molecule has 0 fully saturated rings. The van der Waals surface area contributed by atoms with Crippen molar-refractivity contribution in [1.29, 1.82) is 0 Å². The molecule has 9 nitrogen and oxygen atoms in total. The molecule has 0 saturated heterocycles. The minimum absolute atomic E-state index is 0.00247. The number of amides is 2. The Hall–Kier alpha value is -3.53. The Kier molecular flexibility index (Phi) is 5.10. The number of hydrogen-bond acceptors (Lipinski definition) is 7. The summed E-state index contributed by atoms with van der Waals surface area (Å²) in [7, 11) is -3.78. The number of carbonyl (C=O) groups excluding carboxylic acids is 3. The second-order valence-electron chi connectivity index (χ2n) is 7.59. The molecule has 31 heavy (non-hydrogen) atoms. The number of carbonyl (C=O) groups is 3. The number of imide groups is 1. The molecular weight excluding hydrogens is 422 g/mol. The van der Waals surface area contributed by atoms with Gasteiger partial charge in [0.15, 0.2) is 6.04 Å². The van der Waals surface area contributed by atoms with E-state index in [-0.39, 0.29) is 34.2 Å².